The number of hydrogen-bond acceptors (Lipinski definition) is 5. The number of benzene rings is 1. The Hall–Kier alpha value is -1.47. The molecule has 106 valence electrons. The van der Waals surface area contributed by atoms with E-state index in [1.54, 1.807) is 11.8 Å². The van der Waals surface area contributed by atoms with Crippen molar-refractivity contribution in [3.05, 3.63) is 47.1 Å². The van der Waals surface area contributed by atoms with Gasteiger partial charge in [-0.15, -0.1) is 0 Å². The molecule has 1 saturated heterocycles. The standard InChI is InChI=1S/C13H12F2N2O2S/c14-8-2-1-7(10(15)4-8)3-12-16-13(19-17-12)9-5-20-6-11(9)18/h1-2,4,9,11,18H,3,5-6H2. The molecule has 1 aliphatic heterocycles. The van der Waals surface area contributed by atoms with Crippen LogP contribution in [0.15, 0.2) is 22.7 Å². The number of hydrogen-bond donors (Lipinski definition) is 1. The van der Waals surface area contributed by atoms with Crippen molar-refractivity contribution in [1.82, 2.24) is 10.1 Å². The predicted octanol–water partition coefficient (Wildman–Crippen LogP) is 2.13. The van der Waals surface area contributed by atoms with Crippen LogP contribution >= 0.6 is 11.8 Å². The fourth-order valence-corrected chi connectivity index (χ4v) is 3.33. The number of rotatable bonds is 3. The topological polar surface area (TPSA) is 59.2 Å². The van der Waals surface area contributed by atoms with Crippen molar-refractivity contribution in [3.63, 3.8) is 0 Å². The molecular weight excluding hydrogens is 286 g/mol. The zero-order valence-electron chi connectivity index (χ0n) is 10.4. The average molecular weight is 298 g/mol. The minimum Gasteiger partial charge on any atom is -0.391 e. The largest absolute Gasteiger partial charge is 0.391 e. The Morgan fingerprint density at radius 3 is 2.90 bits per heavy atom. The monoisotopic (exact) mass is 298 g/mol. The first-order valence-corrected chi connectivity index (χ1v) is 7.31. The van der Waals surface area contributed by atoms with E-state index in [-0.39, 0.29) is 12.3 Å². The van der Waals surface area contributed by atoms with Gasteiger partial charge in [-0.05, 0) is 11.6 Å². The SMILES string of the molecule is OC1CSCC1c1nc(Cc2ccc(F)cc2F)no1. The van der Waals surface area contributed by atoms with Crippen molar-refractivity contribution in [2.75, 3.05) is 11.5 Å². The van der Waals surface area contributed by atoms with Crippen molar-refractivity contribution < 1.29 is 18.4 Å². The summed E-state index contributed by atoms with van der Waals surface area (Å²) in [4.78, 5) is 4.19. The van der Waals surface area contributed by atoms with Crippen molar-refractivity contribution in [1.29, 1.82) is 0 Å². The molecule has 1 aromatic carbocycles. The minimum absolute atomic E-state index is 0.131. The summed E-state index contributed by atoms with van der Waals surface area (Å²) in [5, 5.41) is 13.6. The van der Waals surface area contributed by atoms with Gasteiger partial charge in [-0.25, -0.2) is 8.78 Å². The summed E-state index contributed by atoms with van der Waals surface area (Å²) in [6, 6.07) is 3.38. The normalized spacial score (nSPS) is 22.4. The van der Waals surface area contributed by atoms with Crippen LogP contribution in [0.3, 0.4) is 0 Å². The first-order chi connectivity index (χ1) is 9.63. The Labute approximate surface area is 118 Å². The molecule has 3 rings (SSSR count). The molecule has 0 radical (unpaired) electrons. The van der Waals surface area contributed by atoms with E-state index in [9.17, 15) is 13.9 Å². The van der Waals surface area contributed by atoms with Gasteiger partial charge in [-0.1, -0.05) is 11.2 Å². The van der Waals surface area contributed by atoms with E-state index in [2.05, 4.69) is 10.1 Å². The molecule has 2 unspecified atom stereocenters. The highest BCUT2D eigenvalue weighted by Crippen LogP contribution is 2.31. The summed E-state index contributed by atoms with van der Waals surface area (Å²) < 4.78 is 31.5. The van der Waals surface area contributed by atoms with Crippen molar-refractivity contribution >= 4 is 11.8 Å². The maximum absolute atomic E-state index is 13.5. The maximum Gasteiger partial charge on any atom is 0.233 e. The number of thioether (sulfide) groups is 1. The van der Waals surface area contributed by atoms with Crippen molar-refractivity contribution in [3.8, 4) is 0 Å². The Morgan fingerprint density at radius 2 is 2.20 bits per heavy atom. The lowest BCUT2D eigenvalue weighted by molar-refractivity contribution is 0.164. The van der Waals surface area contributed by atoms with E-state index >= 15 is 0 Å². The van der Waals surface area contributed by atoms with E-state index in [4.69, 9.17) is 4.52 Å². The molecule has 1 fully saturated rings. The molecule has 1 aliphatic rings. The zero-order chi connectivity index (χ0) is 14.1. The van der Waals surface area contributed by atoms with E-state index < -0.39 is 17.7 Å². The van der Waals surface area contributed by atoms with Gasteiger partial charge < -0.3 is 9.63 Å². The molecule has 0 spiro atoms. The molecule has 1 N–H and O–H groups in total. The molecule has 0 bridgehead atoms. The molecule has 2 atom stereocenters. The fraction of sp³-hybridized carbons (Fsp3) is 0.385. The molecule has 0 saturated carbocycles. The highest BCUT2D eigenvalue weighted by molar-refractivity contribution is 7.99. The number of aromatic nitrogens is 2. The van der Waals surface area contributed by atoms with Crippen LogP contribution in [-0.2, 0) is 6.42 Å². The van der Waals surface area contributed by atoms with E-state index in [0.29, 0.717) is 23.0 Å². The lowest BCUT2D eigenvalue weighted by Gasteiger charge is -2.06. The van der Waals surface area contributed by atoms with Gasteiger partial charge in [0.25, 0.3) is 0 Å². The molecule has 20 heavy (non-hydrogen) atoms. The van der Waals surface area contributed by atoms with E-state index in [1.165, 1.54) is 12.1 Å². The Morgan fingerprint density at radius 1 is 1.35 bits per heavy atom. The summed E-state index contributed by atoms with van der Waals surface area (Å²) in [7, 11) is 0. The minimum atomic E-state index is -0.632. The molecule has 1 aromatic heterocycles. The highest BCUT2D eigenvalue weighted by Gasteiger charge is 2.32. The van der Waals surface area contributed by atoms with Gasteiger partial charge >= 0.3 is 0 Å². The van der Waals surface area contributed by atoms with Gasteiger partial charge in [-0.2, -0.15) is 16.7 Å². The molecule has 2 aromatic rings. The van der Waals surface area contributed by atoms with Crippen LogP contribution in [0.5, 0.6) is 0 Å². The van der Waals surface area contributed by atoms with Crippen LogP contribution in [-0.4, -0.2) is 32.9 Å². The summed E-state index contributed by atoms with van der Waals surface area (Å²) in [5.74, 6) is 0.663. The van der Waals surface area contributed by atoms with Gasteiger partial charge in [-0.3, -0.25) is 0 Å². The third-order valence-corrected chi connectivity index (χ3v) is 4.39. The van der Waals surface area contributed by atoms with Gasteiger partial charge in [0.15, 0.2) is 5.82 Å². The average Bonchev–Trinajstić information content (AvgIpc) is 3.01. The van der Waals surface area contributed by atoms with Crippen LogP contribution in [0.2, 0.25) is 0 Å². The molecule has 0 amide bonds. The van der Waals surface area contributed by atoms with Crippen LogP contribution < -0.4 is 0 Å². The number of aliphatic hydroxyl groups excluding tert-OH is 1. The van der Waals surface area contributed by atoms with Crippen molar-refractivity contribution in [2.24, 2.45) is 0 Å². The van der Waals surface area contributed by atoms with Crippen LogP contribution in [0, 0.1) is 11.6 Å². The van der Waals surface area contributed by atoms with Crippen LogP contribution in [0.25, 0.3) is 0 Å². The molecular formula is C13H12F2N2O2S. The number of nitrogens with zero attached hydrogens (tertiary/aromatic N) is 2. The molecule has 4 nitrogen and oxygen atoms in total. The number of aliphatic hydroxyl groups is 1. The second-order valence-electron chi connectivity index (χ2n) is 4.67. The maximum atomic E-state index is 13.5. The summed E-state index contributed by atoms with van der Waals surface area (Å²) in [6.07, 6.45) is -0.359. The van der Waals surface area contributed by atoms with E-state index in [1.807, 2.05) is 0 Å². The summed E-state index contributed by atoms with van der Waals surface area (Å²) >= 11 is 1.62. The van der Waals surface area contributed by atoms with E-state index in [0.717, 1.165) is 11.8 Å². The summed E-state index contributed by atoms with van der Waals surface area (Å²) in [5.41, 5.74) is 0.306. The quantitative estimate of drug-likeness (QED) is 0.940. The van der Waals surface area contributed by atoms with Gasteiger partial charge in [0, 0.05) is 24.0 Å². The number of halogens is 2. The Bertz CT molecular complexity index is 620. The third kappa shape index (κ3) is 2.69. The van der Waals surface area contributed by atoms with Gasteiger partial charge in [0.2, 0.25) is 5.89 Å². The summed E-state index contributed by atoms with van der Waals surface area (Å²) in [6.45, 7) is 0. The predicted molar refractivity (Wildman–Crippen MR) is 69.5 cm³/mol. The highest BCUT2D eigenvalue weighted by atomic mass is 32.2. The zero-order valence-corrected chi connectivity index (χ0v) is 11.2. The second-order valence-corrected chi connectivity index (χ2v) is 5.75. The fourth-order valence-electron chi connectivity index (χ4n) is 2.10. The first kappa shape index (κ1) is 13.5. The molecule has 0 aliphatic carbocycles. The Kier molecular flexibility index (Phi) is 3.71. The Balaban J connectivity index is 1.77. The first-order valence-electron chi connectivity index (χ1n) is 6.15. The third-order valence-electron chi connectivity index (χ3n) is 3.22. The lowest BCUT2D eigenvalue weighted by Crippen LogP contribution is -2.15. The second kappa shape index (κ2) is 5.49. The smallest absolute Gasteiger partial charge is 0.233 e. The van der Waals surface area contributed by atoms with Crippen LogP contribution in [0.4, 0.5) is 8.78 Å². The molecule has 2 heterocycles. The lowest BCUT2D eigenvalue weighted by atomic mass is 10.1. The van der Waals surface area contributed by atoms with Crippen molar-refractivity contribution in [2.45, 2.75) is 18.4 Å². The van der Waals surface area contributed by atoms with Gasteiger partial charge in [0.1, 0.15) is 11.6 Å². The van der Waals surface area contributed by atoms with Gasteiger partial charge in [0.05, 0.1) is 12.0 Å². The molecule has 7 heteroatoms. The van der Waals surface area contributed by atoms with Crippen LogP contribution in [0.1, 0.15) is 23.2 Å².